The lowest BCUT2D eigenvalue weighted by molar-refractivity contribution is -0.112. The van der Waals surface area contributed by atoms with Gasteiger partial charge in [-0.1, -0.05) is 25.1 Å². The number of H-pyrrole nitrogens is 1. The second-order valence-corrected chi connectivity index (χ2v) is 6.84. The molecule has 1 aromatic heterocycles. The van der Waals surface area contributed by atoms with E-state index in [1.807, 2.05) is 18.2 Å². The highest BCUT2D eigenvalue weighted by atomic mass is 16.2. The van der Waals surface area contributed by atoms with Crippen LogP contribution in [-0.4, -0.2) is 35.8 Å². The molecule has 0 saturated heterocycles. The Hall–Kier alpha value is -3.85. The summed E-state index contributed by atoms with van der Waals surface area (Å²) in [4.78, 5) is 29.2. The van der Waals surface area contributed by atoms with Crippen LogP contribution in [0.25, 0.3) is 17.0 Å². The van der Waals surface area contributed by atoms with Gasteiger partial charge in [0.25, 0.3) is 11.8 Å². The summed E-state index contributed by atoms with van der Waals surface area (Å²) in [5.41, 5.74) is 4.01. The predicted molar refractivity (Wildman–Crippen MR) is 114 cm³/mol. The number of carbonyl (C=O) groups is 2. The molecule has 6 heteroatoms. The molecule has 2 N–H and O–H groups in total. The highest BCUT2D eigenvalue weighted by molar-refractivity contribution is 6.11. The van der Waals surface area contributed by atoms with Gasteiger partial charge in [-0.15, -0.1) is 0 Å². The van der Waals surface area contributed by atoms with Crippen molar-refractivity contribution in [1.29, 1.82) is 5.26 Å². The van der Waals surface area contributed by atoms with Crippen LogP contribution in [0.3, 0.4) is 0 Å². The minimum absolute atomic E-state index is 0.00115. The van der Waals surface area contributed by atoms with Crippen LogP contribution in [0.15, 0.2) is 54.2 Å². The van der Waals surface area contributed by atoms with Gasteiger partial charge in [0, 0.05) is 48.0 Å². The van der Waals surface area contributed by atoms with Gasteiger partial charge in [-0.05, 0) is 42.3 Å². The van der Waals surface area contributed by atoms with Crippen molar-refractivity contribution in [3.63, 3.8) is 0 Å². The molecule has 0 aliphatic carbocycles. The molecule has 1 heterocycles. The van der Waals surface area contributed by atoms with Crippen molar-refractivity contribution >= 4 is 34.5 Å². The van der Waals surface area contributed by atoms with Crippen molar-refractivity contribution in [3.05, 3.63) is 70.9 Å². The Balaban J connectivity index is 1.83. The number of anilines is 1. The maximum Gasteiger partial charge on any atom is 0.266 e. The molecule has 29 heavy (non-hydrogen) atoms. The zero-order valence-electron chi connectivity index (χ0n) is 16.6. The lowest BCUT2D eigenvalue weighted by Crippen LogP contribution is -2.21. The number of rotatable bonds is 5. The summed E-state index contributed by atoms with van der Waals surface area (Å²) in [6.45, 7) is 2.08. The maximum atomic E-state index is 12.6. The van der Waals surface area contributed by atoms with Gasteiger partial charge < -0.3 is 15.2 Å². The van der Waals surface area contributed by atoms with E-state index in [4.69, 9.17) is 0 Å². The van der Waals surface area contributed by atoms with Crippen molar-refractivity contribution in [2.24, 2.45) is 0 Å². The summed E-state index contributed by atoms with van der Waals surface area (Å²) in [5.74, 6) is -0.619. The number of nitrogens with zero attached hydrogens (tertiary/aromatic N) is 2. The van der Waals surface area contributed by atoms with Gasteiger partial charge in [0.1, 0.15) is 11.6 Å². The number of hydrogen-bond donors (Lipinski definition) is 2. The molecular weight excluding hydrogens is 364 g/mol. The largest absolute Gasteiger partial charge is 0.360 e. The molecule has 0 aliphatic heterocycles. The first-order chi connectivity index (χ1) is 13.9. The lowest BCUT2D eigenvalue weighted by Gasteiger charge is -2.10. The molecule has 2 aromatic carbocycles. The number of fused-ring (bicyclic) bond motifs is 1. The van der Waals surface area contributed by atoms with E-state index in [-0.39, 0.29) is 11.5 Å². The highest BCUT2D eigenvalue weighted by Crippen LogP contribution is 2.24. The van der Waals surface area contributed by atoms with Crippen molar-refractivity contribution in [1.82, 2.24) is 9.88 Å². The fourth-order valence-electron chi connectivity index (χ4n) is 3.11. The van der Waals surface area contributed by atoms with Crippen molar-refractivity contribution in [2.75, 3.05) is 19.4 Å². The molecule has 0 unspecified atom stereocenters. The van der Waals surface area contributed by atoms with Crippen LogP contribution >= 0.6 is 0 Å². The SMILES string of the molecule is CCc1cccc2c(/C=C(\C#N)C(=O)Nc3ccc(C(=O)N(C)C)cc3)c[nH]c12. The number of aromatic amines is 1. The summed E-state index contributed by atoms with van der Waals surface area (Å²) in [7, 11) is 3.35. The van der Waals surface area contributed by atoms with Gasteiger partial charge in [-0.25, -0.2) is 0 Å². The average molecular weight is 386 g/mol. The number of carbonyl (C=O) groups excluding carboxylic acids is 2. The van der Waals surface area contributed by atoms with E-state index in [9.17, 15) is 14.9 Å². The molecule has 0 aliphatic rings. The standard InChI is InChI=1S/C23H22N4O2/c1-4-15-6-5-7-20-18(14-25-21(15)20)12-17(13-24)22(28)26-19-10-8-16(9-11-19)23(29)27(2)3/h5-12,14,25H,4H2,1-3H3,(H,26,28)/b17-12+. The van der Waals surface area contributed by atoms with Crippen LogP contribution < -0.4 is 5.32 Å². The number of nitriles is 1. The minimum atomic E-state index is -0.500. The molecule has 2 amide bonds. The third kappa shape index (κ3) is 4.19. The van der Waals surface area contributed by atoms with Crippen LogP contribution in [0, 0.1) is 11.3 Å². The summed E-state index contributed by atoms with van der Waals surface area (Å²) in [6, 6.07) is 14.5. The second kappa shape index (κ2) is 8.44. The zero-order chi connectivity index (χ0) is 21.0. The van der Waals surface area contributed by atoms with E-state index in [2.05, 4.69) is 23.3 Å². The van der Waals surface area contributed by atoms with Crippen molar-refractivity contribution in [2.45, 2.75) is 13.3 Å². The number of benzene rings is 2. The third-order valence-corrected chi connectivity index (χ3v) is 4.68. The summed E-state index contributed by atoms with van der Waals surface area (Å²) < 4.78 is 0. The van der Waals surface area contributed by atoms with Crippen LogP contribution in [0.5, 0.6) is 0 Å². The number of amides is 2. The van der Waals surface area contributed by atoms with Gasteiger partial charge in [-0.3, -0.25) is 9.59 Å². The normalized spacial score (nSPS) is 11.2. The Kier molecular flexibility index (Phi) is 5.79. The number of para-hydroxylation sites is 1. The van der Waals surface area contributed by atoms with Gasteiger partial charge in [0.2, 0.25) is 0 Å². The van der Waals surface area contributed by atoms with Gasteiger partial charge in [0.05, 0.1) is 0 Å². The first-order valence-corrected chi connectivity index (χ1v) is 9.28. The number of nitrogens with one attached hydrogen (secondary N) is 2. The fourth-order valence-corrected chi connectivity index (χ4v) is 3.11. The number of aryl methyl sites for hydroxylation is 1. The van der Waals surface area contributed by atoms with E-state index in [0.717, 1.165) is 22.9 Å². The van der Waals surface area contributed by atoms with E-state index in [0.29, 0.717) is 11.3 Å². The highest BCUT2D eigenvalue weighted by Gasteiger charge is 2.13. The van der Waals surface area contributed by atoms with Crippen LogP contribution in [-0.2, 0) is 11.2 Å². The first kappa shape index (κ1) is 19.9. The lowest BCUT2D eigenvalue weighted by atomic mass is 10.1. The Morgan fingerprint density at radius 2 is 1.90 bits per heavy atom. The molecule has 0 saturated carbocycles. The van der Waals surface area contributed by atoms with Gasteiger partial charge in [-0.2, -0.15) is 5.26 Å². The molecule has 0 atom stereocenters. The minimum Gasteiger partial charge on any atom is -0.360 e. The summed E-state index contributed by atoms with van der Waals surface area (Å²) in [5, 5.41) is 13.2. The molecule has 146 valence electrons. The third-order valence-electron chi connectivity index (χ3n) is 4.68. The van der Waals surface area contributed by atoms with Crippen LogP contribution in [0.2, 0.25) is 0 Å². The quantitative estimate of drug-likeness (QED) is 0.513. The monoisotopic (exact) mass is 386 g/mol. The molecular formula is C23H22N4O2. The summed E-state index contributed by atoms with van der Waals surface area (Å²) >= 11 is 0. The number of aromatic nitrogens is 1. The van der Waals surface area contributed by atoms with Gasteiger partial charge >= 0.3 is 0 Å². The maximum absolute atomic E-state index is 12.6. The zero-order valence-corrected chi connectivity index (χ0v) is 16.6. The molecule has 0 spiro atoms. The average Bonchev–Trinajstić information content (AvgIpc) is 3.14. The first-order valence-electron chi connectivity index (χ1n) is 9.28. The van der Waals surface area contributed by atoms with E-state index in [1.54, 1.807) is 50.6 Å². The Bertz CT molecular complexity index is 1130. The second-order valence-electron chi connectivity index (χ2n) is 6.84. The summed E-state index contributed by atoms with van der Waals surface area (Å²) in [6.07, 6.45) is 4.27. The van der Waals surface area contributed by atoms with Crippen LogP contribution in [0.4, 0.5) is 5.69 Å². The molecule has 3 aromatic rings. The molecule has 6 nitrogen and oxygen atoms in total. The predicted octanol–water partition coefficient (Wildman–Crippen LogP) is 3.98. The number of hydrogen-bond acceptors (Lipinski definition) is 3. The Labute approximate surface area is 169 Å². The van der Waals surface area contributed by atoms with E-state index >= 15 is 0 Å². The van der Waals surface area contributed by atoms with E-state index < -0.39 is 5.91 Å². The van der Waals surface area contributed by atoms with E-state index in [1.165, 1.54) is 10.5 Å². The molecule has 0 bridgehead atoms. The van der Waals surface area contributed by atoms with Crippen molar-refractivity contribution in [3.8, 4) is 6.07 Å². The van der Waals surface area contributed by atoms with Crippen LogP contribution in [0.1, 0.15) is 28.4 Å². The molecule has 0 fully saturated rings. The smallest absolute Gasteiger partial charge is 0.266 e. The molecule has 3 rings (SSSR count). The van der Waals surface area contributed by atoms with Crippen molar-refractivity contribution < 1.29 is 9.59 Å². The Morgan fingerprint density at radius 1 is 1.17 bits per heavy atom. The fraction of sp³-hybridized carbons (Fsp3) is 0.174. The molecule has 0 radical (unpaired) electrons. The van der Waals surface area contributed by atoms with Gasteiger partial charge in [0.15, 0.2) is 0 Å². The topological polar surface area (TPSA) is 89.0 Å². The Morgan fingerprint density at radius 3 is 2.52 bits per heavy atom.